The standard InChI is InChI=1S/C20H17Cl2N3O5.C20H18ClN3O5.C20H19N3O5/c1-24-18(28)20(23-19(24)29,11-5-14(21)16(26)15(22)6-11)9-25-8-10-3-4-12(30-2)7-13(10)17(25)27;1-23-18(27)20(22-19(23)28,12-4-6-16(25)15(21)7-12)10-24-9-11-3-5-13(29-2)8-14(11)17(24)26;1-22-18(26)20(21-19(22)27,13-4-6-14(24)7-5-13)11-23-10-12-3-8-15(28-2)9-16(12)17(23)25/h3-7,26H,8-9H2,1-2H3,(H,23,29);3-8,25H,9-10H2,1-2H3,(H,22,28);3-9,24H,10-11H2,1-2H3,(H,21,27)/t3*20-/m000/s1. The number of fused-ring (bicyclic) bond motifs is 3. The monoisotopic (exact) mass is 1250 g/mol. The number of hydrogen-bond donors (Lipinski definition) is 6. The average molecular weight is 1250 g/mol. The summed E-state index contributed by atoms with van der Waals surface area (Å²) in [4.78, 5) is 122. The lowest BCUT2D eigenvalue weighted by Crippen LogP contribution is -2.52. The highest BCUT2D eigenvalue weighted by Gasteiger charge is 2.56. The van der Waals surface area contributed by atoms with Crippen LogP contribution < -0.4 is 30.2 Å². The summed E-state index contributed by atoms with van der Waals surface area (Å²) in [6.45, 7) is 0.617. The van der Waals surface area contributed by atoms with Gasteiger partial charge in [-0.3, -0.25) is 43.5 Å². The number of nitrogens with zero attached hydrogens (tertiary/aromatic N) is 6. The van der Waals surface area contributed by atoms with E-state index >= 15 is 0 Å². The molecule has 6 N–H and O–H groups in total. The molecule has 0 aromatic heterocycles. The molecule has 0 spiro atoms. The molecule has 3 atom stereocenters. The number of likely N-dealkylation sites (N-methyl/N-ethyl adjacent to an activating group) is 3. The zero-order chi connectivity index (χ0) is 62.8. The van der Waals surface area contributed by atoms with Crippen LogP contribution in [0.5, 0.6) is 34.5 Å². The van der Waals surface area contributed by atoms with Gasteiger partial charge in [0.2, 0.25) is 0 Å². The van der Waals surface area contributed by atoms with Gasteiger partial charge >= 0.3 is 18.1 Å². The van der Waals surface area contributed by atoms with Crippen molar-refractivity contribution in [3.05, 3.63) is 174 Å². The summed E-state index contributed by atoms with van der Waals surface area (Å²) in [5.74, 6) is -1.08. The Hall–Kier alpha value is -9.78. The average Bonchev–Trinajstić information content (AvgIpc) is 1.69. The van der Waals surface area contributed by atoms with E-state index in [1.165, 1.54) is 99.6 Å². The summed E-state index contributed by atoms with van der Waals surface area (Å²) >= 11 is 18.2. The van der Waals surface area contributed by atoms with Crippen molar-refractivity contribution < 1.29 is 72.7 Å². The fourth-order valence-corrected chi connectivity index (χ4v) is 11.9. The maximum absolute atomic E-state index is 13.1. The Labute approximate surface area is 511 Å². The maximum Gasteiger partial charge on any atom is 0.325 e. The number of hydrogen-bond acceptors (Lipinski definition) is 15. The van der Waals surface area contributed by atoms with Crippen LogP contribution in [0.1, 0.15) is 64.5 Å². The van der Waals surface area contributed by atoms with Crippen LogP contribution in [0.3, 0.4) is 0 Å². The first kappa shape index (κ1) is 60.3. The van der Waals surface area contributed by atoms with Gasteiger partial charge in [-0.05, 0) is 106 Å². The van der Waals surface area contributed by atoms with Gasteiger partial charge in [0, 0.05) is 57.5 Å². The Morgan fingerprint density at radius 1 is 0.425 bits per heavy atom. The number of amides is 12. The van der Waals surface area contributed by atoms with Crippen LogP contribution in [0.25, 0.3) is 0 Å². The Balaban J connectivity index is 0.000000145. The number of urea groups is 3. The molecule has 87 heavy (non-hydrogen) atoms. The number of phenols is 3. The predicted octanol–water partition coefficient (Wildman–Crippen LogP) is 6.26. The van der Waals surface area contributed by atoms with Gasteiger partial charge in [-0.15, -0.1) is 0 Å². The Kier molecular flexibility index (Phi) is 15.9. The first-order valence-electron chi connectivity index (χ1n) is 26.5. The number of ether oxygens (including phenoxy) is 3. The van der Waals surface area contributed by atoms with E-state index in [-0.39, 0.29) is 81.8 Å². The lowest BCUT2D eigenvalue weighted by atomic mass is 9.88. The van der Waals surface area contributed by atoms with Gasteiger partial charge in [0.1, 0.15) is 28.7 Å². The highest BCUT2D eigenvalue weighted by atomic mass is 35.5. The van der Waals surface area contributed by atoms with Crippen LogP contribution in [0.4, 0.5) is 14.4 Å². The fourth-order valence-electron chi connectivity index (χ4n) is 11.3. The molecule has 0 radical (unpaired) electrons. The number of aromatic hydroxyl groups is 3. The number of nitrogens with one attached hydrogen (secondary N) is 3. The number of rotatable bonds is 12. The van der Waals surface area contributed by atoms with Crippen molar-refractivity contribution in [1.82, 2.24) is 45.3 Å². The zero-order valence-electron chi connectivity index (χ0n) is 47.2. The SMILES string of the molecule is COc1ccc2c(c1)C(=O)N(C[C@@]1(c3cc(Cl)c(O)c(Cl)c3)NC(=O)N(C)C1=O)C2.COc1ccc2c(c1)C(=O)N(C[C@@]1(c3ccc(O)c(Cl)c3)NC(=O)N(C)C1=O)C2.COc1ccc2c(c1)C(=O)N(C[C@@]1(c3ccc(O)cc3)NC(=O)N(C)C1=O)C2. The molecule has 450 valence electrons. The van der Waals surface area contributed by atoms with Crippen LogP contribution in [0.2, 0.25) is 15.1 Å². The van der Waals surface area contributed by atoms with Crippen LogP contribution in [-0.2, 0) is 50.6 Å². The van der Waals surface area contributed by atoms with Crippen molar-refractivity contribution in [2.45, 2.75) is 36.3 Å². The molecule has 0 saturated carbocycles. The number of imide groups is 3. The Morgan fingerprint density at radius 3 is 1.07 bits per heavy atom. The summed E-state index contributed by atoms with van der Waals surface area (Å²) in [5.41, 5.74) is 0.508. The predicted molar refractivity (Wildman–Crippen MR) is 311 cm³/mol. The topological polar surface area (TPSA) is 298 Å². The number of methoxy groups -OCH3 is 3. The van der Waals surface area contributed by atoms with E-state index in [1.54, 1.807) is 60.7 Å². The highest BCUT2D eigenvalue weighted by Crippen LogP contribution is 2.42. The summed E-state index contributed by atoms with van der Waals surface area (Å²) in [7, 11) is 8.66. The summed E-state index contributed by atoms with van der Waals surface area (Å²) < 4.78 is 15.6. The second-order valence-electron chi connectivity index (χ2n) is 21.2. The number of carbonyl (C=O) groups is 9. The normalized spacial score (nSPS) is 20.9. The molecule has 6 aliphatic heterocycles. The van der Waals surface area contributed by atoms with Crippen molar-refractivity contribution in [2.24, 2.45) is 0 Å². The molecule has 6 heterocycles. The fraction of sp³-hybridized carbons (Fsp3) is 0.250. The maximum atomic E-state index is 13.1. The van der Waals surface area contributed by atoms with Gasteiger partial charge in [0.05, 0.1) is 56.0 Å². The molecule has 12 rings (SSSR count). The van der Waals surface area contributed by atoms with E-state index in [0.717, 1.165) is 31.4 Å². The first-order chi connectivity index (χ1) is 41.3. The summed E-state index contributed by atoms with van der Waals surface area (Å²) in [5, 5.41) is 37.2. The minimum Gasteiger partial charge on any atom is -0.508 e. The van der Waals surface area contributed by atoms with Crippen LogP contribution in [0.15, 0.2) is 109 Å². The van der Waals surface area contributed by atoms with Gasteiger partial charge in [0.25, 0.3) is 35.4 Å². The van der Waals surface area contributed by atoms with Crippen molar-refractivity contribution in [1.29, 1.82) is 0 Å². The third-order valence-corrected chi connectivity index (χ3v) is 16.9. The van der Waals surface area contributed by atoms with Gasteiger partial charge in [-0.1, -0.05) is 71.2 Å². The van der Waals surface area contributed by atoms with Crippen LogP contribution >= 0.6 is 34.8 Å². The Bertz CT molecular complexity index is 3920. The van der Waals surface area contributed by atoms with Crippen molar-refractivity contribution in [2.75, 3.05) is 62.1 Å². The second kappa shape index (κ2) is 22.9. The van der Waals surface area contributed by atoms with Gasteiger partial charge in [-0.25, -0.2) is 14.4 Å². The van der Waals surface area contributed by atoms with E-state index in [4.69, 9.17) is 49.0 Å². The highest BCUT2D eigenvalue weighted by molar-refractivity contribution is 6.37. The largest absolute Gasteiger partial charge is 0.508 e. The van der Waals surface area contributed by atoms with E-state index in [1.807, 2.05) is 6.07 Å². The van der Waals surface area contributed by atoms with Gasteiger partial charge in [-0.2, -0.15) is 0 Å². The number of benzene rings is 6. The third kappa shape index (κ3) is 10.5. The molecule has 24 nitrogen and oxygen atoms in total. The Morgan fingerprint density at radius 2 is 0.747 bits per heavy atom. The van der Waals surface area contributed by atoms with Crippen molar-refractivity contribution in [3.8, 4) is 34.5 Å². The van der Waals surface area contributed by atoms with Crippen LogP contribution in [-0.4, -0.2) is 160 Å². The molecule has 12 amide bonds. The molecule has 3 saturated heterocycles. The van der Waals surface area contributed by atoms with E-state index in [0.29, 0.717) is 58.2 Å². The van der Waals surface area contributed by atoms with Gasteiger partial charge < -0.3 is 60.2 Å². The molecule has 27 heteroatoms. The second-order valence-corrected chi connectivity index (χ2v) is 22.4. The molecular weight excluding hydrogens is 1190 g/mol. The van der Waals surface area contributed by atoms with E-state index in [2.05, 4.69) is 16.0 Å². The lowest BCUT2D eigenvalue weighted by molar-refractivity contribution is -0.132. The first-order valence-corrected chi connectivity index (χ1v) is 27.6. The van der Waals surface area contributed by atoms with Crippen LogP contribution in [0, 0.1) is 0 Å². The summed E-state index contributed by atoms with van der Waals surface area (Å²) in [6.07, 6.45) is 0. The zero-order valence-corrected chi connectivity index (χ0v) is 49.5. The minimum absolute atomic E-state index is 0.0253. The molecule has 0 unspecified atom stereocenters. The molecule has 0 bridgehead atoms. The smallest absolute Gasteiger partial charge is 0.325 e. The van der Waals surface area contributed by atoms with Gasteiger partial charge in [0.15, 0.2) is 22.4 Å². The summed E-state index contributed by atoms with van der Waals surface area (Å²) in [6, 6.07) is 27.0. The molecular formula is C60H54Cl3N9O15. The molecule has 3 fully saturated rings. The minimum atomic E-state index is -1.60. The van der Waals surface area contributed by atoms with Crippen molar-refractivity contribution in [3.63, 3.8) is 0 Å². The third-order valence-electron chi connectivity index (χ3n) is 16.1. The number of phenolic OH excluding ortho intramolecular Hbond substituents is 3. The van der Waals surface area contributed by atoms with E-state index < -0.39 is 52.4 Å². The molecule has 6 aromatic rings. The molecule has 6 aliphatic rings. The quantitative estimate of drug-likeness (QED) is 0.0737. The molecule has 0 aliphatic carbocycles. The molecule has 6 aromatic carbocycles. The van der Waals surface area contributed by atoms with E-state index in [9.17, 15) is 58.5 Å². The number of halogens is 3. The van der Waals surface area contributed by atoms with Crippen molar-refractivity contribution >= 4 is 88.3 Å². The lowest BCUT2D eigenvalue weighted by Gasteiger charge is -2.32. The number of carbonyl (C=O) groups excluding carboxylic acids is 9.